The van der Waals surface area contributed by atoms with Crippen LogP contribution in [0.4, 0.5) is 5.69 Å². The highest BCUT2D eigenvalue weighted by Crippen LogP contribution is 2.13. The molecule has 1 fully saturated rings. The van der Waals surface area contributed by atoms with E-state index < -0.39 is 0 Å². The second-order valence-electron chi connectivity index (χ2n) is 4.89. The number of hydrogen-bond donors (Lipinski definition) is 1. The maximum atomic E-state index is 5.76. The first-order chi connectivity index (χ1) is 8.24. The molecule has 1 atom stereocenters. The Kier molecular flexibility index (Phi) is 4.40. The van der Waals surface area contributed by atoms with Crippen LogP contribution >= 0.6 is 0 Å². The van der Waals surface area contributed by atoms with Gasteiger partial charge in [0.25, 0.3) is 0 Å². The quantitative estimate of drug-likeness (QED) is 0.791. The van der Waals surface area contributed by atoms with Crippen LogP contribution in [0.3, 0.4) is 0 Å². The van der Waals surface area contributed by atoms with Crippen LogP contribution in [0.2, 0.25) is 0 Å². The summed E-state index contributed by atoms with van der Waals surface area (Å²) in [6.45, 7) is 3.04. The van der Waals surface area contributed by atoms with Crippen LogP contribution in [0, 0.1) is 0 Å². The van der Waals surface area contributed by atoms with E-state index in [-0.39, 0.29) is 0 Å². The minimum Gasteiger partial charge on any atom is -0.399 e. The van der Waals surface area contributed by atoms with Gasteiger partial charge >= 0.3 is 0 Å². The molecule has 0 radical (unpaired) electrons. The van der Waals surface area contributed by atoms with Crippen LogP contribution in [-0.4, -0.2) is 37.7 Å². The molecule has 94 valence electrons. The SMILES string of the molecule is CN(CCc1cccc(N)c1)CC1CCCO1. The highest BCUT2D eigenvalue weighted by Gasteiger charge is 2.16. The molecule has 0 aromatic heterocycles. The number of nitrogens with zero attached hydrogens (tertiary/aromatic N) is 1. The predicted octanol–water partition coefficient (Wildman–Crippen LogP) is 1.92. The standard InChI is InChI=1S/C14H22N2O/c1-16(11-14-6-3-9-17-14)8-7-12-4-2-5-13(15)10-12/h2,4-5,10,14H,3,6-9,11,15H2,1H3. The first-order valence-electron chi connectivity index (χ1n) is 6.38. The maximum Gasteiger partial charge on any atom is 0.0702 e. The van der Waals surface area contributed by atoms with Crippen molar-refractivity contribution in [1.29, 1.82) is 0 Å². The highest BCUT2D eigenvalue weighted by atomic mass is 16.5. The minimum atomic E-state index is 0.445. The summed E-state index contributed by atoms with van der Waals surface area (Å²) in [5.74, 6) is 0. The normalized spacial score (nSPS) is 20.0. The molecule has 0 spiro atoms. The van der Waals surface area contributed by atoms with Crippen molar-refractivity contribution >= 4 is 5.69 Å². The lowest BCUT2D eigenvalue weighted by Crippen LogP contribution is -2.30. The number of likely N-dealkylation sites (N-methyl/N-ethyl adjacent to an activating group) is 1. The van der Waals surface area contributed by atoms with E-state index in [4.69, 9.17) is 10.5 Å². The molecule has 1 saturated heterocycles. The van der Waals surface area contributed by atoms with Gasteiger partial charge in [0.05, 0.1) is 6.10 Å². The monoisotopic (exact) mass is 234 g/mol. The Hall–Kier alpha value is -1.06. The van der Waals surface area contributed by atoms with Gasteiger partial charge < -0.3 is 15.4 Å². The fraction of sp³-hybridized carbons (Fsp3) is 0.571. The molecule has 0 aliphatic carbocycles. The molecule has 0 bridgehead atoms. The lowest BCUT2D eigenvalue weighted by molar-refractivity contribution is 0.0815. The van der Waals surface area contributed by atoms with Crippen molar-refractivity contribution < 1.29 is 4.74 Å². The van der Waals surface area contributed by atoms with Gasteiger partial charge in [0.1, 0.15) is 0 Å². The lowest BCUT2D eigenvalue weighted by Gasteiger charge is -2.20. The zero-order chi connectivity index (χ0) is 12.1. The van der Waals surface area contributed by atoms with Crippen molar-refractivity contribution in [3.05, 3.63) is 29.8 Å². The molecule has 2 rings (SSSR count). The Labute approximate surface area is 104 Å². The molecule has 0 saturated carbocycles. The average Bonchev–Trinajstić information content (AvgIpc) is 2.79. The van der Waals surface area contributed by atoms with Gasteiger partial charge in [-0.15, -0.1) is 0 Å². The van der Waals surface area contributed by atoms with Crippen LogP contribution in [0.15, 0.2) is 24.3 Å². The lowest BCUT2D eigenvalue weighted by atomic mass is 10.1. The van der Waals surface area contributed by atoms with Crippen molar-refractivity contribution in [3.63, 3.8) is 0 Å². The summed E-state index contributed by atoms with van der Waals surface area (Å²) in [5, 5.41) is 0. The second kappa shape index (κ2) is 6.03. The number of nitrogen functional groups attached to an aromatic ring is 1. The van der Waals surface area contributed by atoms with Gasteiger partial charge in [-0.3, -0.25) is 0 Å². The van der Waals surface area contributed by atoms with Crippen molar-refractivity contribution in [1.82, 2.24) is 4.90 Å². The fourth-order valence-corrected chi connectivity index (χ4v) is 2.30. The molecule has 17 heavy (non-hydrogen) atoms. The van der Waals surface area contributed by atoms with Gasteiger partial charge in [0.15, 0.2) is 0 Å². The molecule has 1 aromatic rings. The third-order valence-corrected chi connectivity index (χ3v) is 3.27. The Morgan fingerprint density at radius 3 is 3.06 bits per heavy atom. The van der Waals surface area contributed by atoms with Crippen molar-refractivity contribution in [2.75, 3.05) is 32.5 Å². The van der Waals surface area contributed by atoms with Crippen LogP contribution < -0.4 is 5.73 Å². The summed E-state index contributed by atoms with van der Waals surface area (Å²) in [6.07, 6.45) is 3.92. The molecule has 2 N–H and O–H groups in total. The van der Waals surface area contributed by atoms with Crippen molar-refractivity contribution in [2.45, 2.75) is 25.4 Å². The summed E-state index contributed by atoms with van der Waals surface area (Å²) in [6, 6.07) is 8.14. The molecular formula is C14H22N2O. The Morgan fingerprint density at radius 1 is 1.47 bits per heavy atom. The molecule has 0 amide bonds. The van der Waals surface area contributed by atoms with Crippen LogP contribution in [0.5, 0.6) is 0 Å². The summed E-state index contributed by atoms with van der Waals surface area (Å²) in [4.78, 5) is 2.35. The zero-order valence-corrected chi connectivity index (χ0v) is 10.6. The van der Waals surface area contributed by atoms with E-state index in [1.54, 1.807) is 0 Å². The molecule has 3 nitrogen and oxygen atoms in total. The molecule has 1 unspecified atom stereocenters. The average molecular weight is 234 g/mol. The molecule has 1 aliphatic heterocycles. The Bertz CT molecular complexity index is 348. The van der Waals surface area contributed by atoms with Crippen LogP contribution in [0.25, 0.3) is 0 Å². The third-order valence-electron chi connectivity index (χ3n) is 3.27. The molecule has 1 aromatic carbocycles. The maximum absolute atomic E-state index is 5.76. The molecule has 3 heteroatoms. The van der Waals surface area contributed by atoms with Crippen LogP contribution in [-0.2, 0) is 11.2 Å². The van der Waals surface area contributed by atoms with E-state index in [0.717, 1.165) is 31.8 Å². The fourth-order valence-electron chi connectivity index (χ4n) is 2.30. The molecule has 1 heterocycles. The first kappa shape index (κ1) is 12.4. The number of anilines is 1. The van der Waals surface area contributed by atoms with E-state index in [9.17, 15) is 0 Å². The Morgan fingerprint density at radius 2 is 2.35 bits per heavy atom. The summed E-state index contributed by atoms with van der Waals surface area (Å²) in [7, 11) is 2.16. The summed E-state index contributed by atoms with van der Waals surface area (Å²) < 4.78 is 5.63. The van der Waals surface area contributed by atoms with Crippen molar-refractivity contribution in [3.8, 4) is 0 Å². The number of nitrogens with two attached hydrogens (primary N) is 1. The molecular weight excluding hydrogens is 212 g/mol. The van der Waals surface area contributed by atoms with E-state index in [1.807, 2.05) is 12.1 Å². The molecule has 1 aliphatic rings. The van der Waals surface area contributed by atoms with Gasteiger partial charge in [-0.05, 0) is 44.0 Å². The van der Waals surface area contributed by atoms with Gasteiger partial charge in [0.2, 0.25) is 0 Å². The Balaban J connectivity index is 1.73. The largest absolute Gasteiger partial charge is 0.399 e. The van der Waals surface area contributed by atoms with E-state index in [2.05, 4.69) is 24.1 Å². The highest BCUT2D eigenvalue weighted by molar-refractivity contribution is 5.40. The third kappa shape index (κ3) is 4.02. The van der Waals surface area contributed by atoms with Gasteiger partial charge in [-0.25, -0.2) is 0 Å². The smallest absolute Gasteiger partial charge is 0.0702 e. The van der Waals surface area contributed by atoms with E-state index >= 15 is 0 Å². The number of ether oxygens (including phenoxy) is 1. The van der Waals surface area contributed by atoms with Crippen molar-refractivity contribution in [2.24, 2.45) is 0 Å². The van der Waals surface area contributed by atoms with Gasteiger partial charge in [0, 0.05) is 25.4 Å². The topological polar surface area (TPSA) is 38.5 Å². The van der Waals surface area contributed by atoms with Gasteiger partial charge in [-0.2, -0.15) is 0 Å². The summed E-state index contributed by atoms with van der Waals surface area (Å²) in [5.41, 5.74) is 7.92. The minimum absolute atomic E-state index is 0.445. The predicted molar refractivity (Wildman–Crippen MR) is 71.0 cm³/mol. The van der Waals surface area contributed by atoms with Crippen LogP contribution in [0.1, 0.15) is 18.4 Å². The zero-order valence-electron chi connectivity index (χ0n) is 10.6. The van der Waals surface area contributed by atoms with E-state index in [0.29, 0.717) is 6.10 Å². The first-order valence-corrected chi connectivity index (χ1v) is 6.38. The number of hydrogen-bond acceptors (Lipinski definition) is 3. The van der Waals surface area contributed by atoms with E-state index in [1.165, 1.54) is 18.4 Å². The number of rotatable bonds is 5. The summed E-state index contributed by atoms with van der Waals surface area (Å²) >= 11 is 0. The second-order valence-corrected chi connectivity index (χ2v) is 4.89. The number of benzene rings is 1. The van der Waals surface area contributed by atoms with Gasteiger partial charge in [-0.1, -0.05) is 12.1 Å².